The Hall–Kier alpha value is -0.830. The van der Waals surface area contributed by atoms with Crippen molar-refractivity contribution in [2.45, 2.75) is 18.6 Å². The highest BCUT2D eigenvalue weighted by molar-refractivity contribution is 5.85. The number of hydrogen-bond donors (Lipinski definition) is 1. The van der Waals surface area contributed by atoms with E-state index >= 15 is 0 Å². The molecule has 0 unspecified atom stereocenters. The molecule has 86 valence electrons. The fourth-order valence-electron chi connectivity index (χ4n) is 2.48. The van der Waals surface area contributed by atoms with E-state index in [0.29, 0.717) is 12.1 Å². The quantitative estimate of drug-likeness (QED) is 0.789. The third-order valence-electron chi connectivity index (χ3n) is 3.16. The molecule has 1 N–H and O–H groups in total. The average Bonchev–Trinajstić information content (AvgIpc) is 2.60. The van der Waals surface area contributed by atoms with Gasteiger partial charge in [0.05, 0.1) is 0 Å². The first-order valence-corrected chi connectivity index (χ1v) is 5.61. The van der Waals surface area contributed by atoms with Gasteiger partial charge in [0, 0.05) is 31.7 Å². The number of rotatable bonds is 2. The second-order valence-corrected chi connectivity index (χ2v) is 4.44. The Morgan fingerprint density at radius 1 is 1.06 bits per heavy atom. The van der Waals surface area contributed by atoms with Crippen molar-refractivity contribution in [3.05, 3.63) is 48.0 Å². The summed E-state index contributed by atoms with van der Waals surface area (Å²) in [4.78, 5) is 2.53. The van der Waals surface area contributed by atoms with Crippen LogP contribution in [0.25, 0.3) is 0 Å². The van der Waals surface area contributed by atoms with Crippen molar-refractivity contribution in [2.75, 3.05) is 13.1 Å². The average molecular weight is 237 g/mol. The zero-order valence-corrected chi connectivity index (χ0v) is 9.99. The second kappa shape index (κ2) is 5.00. The molecule has 0 aromatic heterocycles. The predicted molar refractivity (Wildman–Crippen MR) is 68.8 cm³/mol. The predicted octanol–water partition coefficient (Wildman–Crippen LogP) is 1.82. The van der Waals surface area contributed by atoms with Gasteiger partial charge in [-0.05, 0) is 5.56 Å². The number of fused-ring (bicyclic) bond motifs is 2. The minimum Gasteiger partial charge on any atom is -0.302 e. The third kappa shape index (κ3) is 2.46. The molecule has 3 rings (SSSR count). The molecule has 2 heterocycles. The van der Waals surface area contributed by atoms with Crippen LogP contribution in [0.3, 0.4) is 0 Å². The molecule has 2 aliphatic rings. The molecular formula is C13H17ClN2. The zero-order valence-electron chi connectivity index (χ0n) is 9.17. The molecule has 0 spiro atoms. The van der Waals surface area contributed by atoms with Gasteiger partial charge in [-0.1, -0.05) is 42.5 Å². The van der Waals surface area contributed by atoms with Crippen molar-refractivity contribution >= 4 is 12.4 Å². The van der Waals surface area contributed by atoms with Crippen molar-refractivity contribution in [2.24, 2.45) is 0 Å². The van der Waals surface area contributed by atoms with Gasteiger partial charge in [0.25, 0.3) is 0 Å². The van der Waals surface area contributed by atoms with Crippen molar-refractivity contribution in [3.8, 4) is 0 Å². The summed E-state index contributed by atoms with van der Waals surface area (Å²) < 4.78 is 0. The summed E-state index contributed by atoms with van der Waals surface area (Å²) in [6, 6.07) is 11.9. The first kappa shape index (κ1) is 11.6. The molecule has 2 nitrogen and oxygen atoms in total. The fourth-order valence-corrected chi connectivity index (χ4v) is 2.48. The lowest BCUT2D eigenvalue weighted by molar-refractivity contribution is 0.197. The van der Waals surface area contributed by atoms with E-state index in [1.54, 1.807) is 0 Å². The maximum absolute atomic E-state index is 3.55. The molecule has 2 aliphatic heterocycles. The number of nitrogens with one attached hydrogen (secondary N) is 1. The molecule has 0 aliphatic carbocycles. The molecule has 3 heteroatoms. The van der Waals surface area contributed by atoms with Crippen LogP contribution in [0, 0.1) is 0 Å². The molecule has 2 bridgehead atoms. The van der Waals surface area contributed by atoms with Gasteiger partial charge in [0.1, 0.15) is 0 Å². The van der Waals surface area contributed by atoms with Crippen LogP contribution in [-0.2, 0) is 6.54 Å². The molecule has 2 atom stereocenters. The lowest BCUT2D eigenvalue weighted by atomic mass is 10.1. The van der Waals surface area contributed by atoms with Crippen molar-refractivity contribution < 1.29 is 0 Å². The van der Waals surface area contributed by atoms with Crippen molar-refractivity contribution in [3.63, 3.8) is 0 Å². The first-order valence-electron chi connectivity index (χ1n) is 5.61. The summed E-state index contributed by atoms with van der Waals surface area (Å²) in [5, 5.41) is 3.55. The van der Waals surface area contributed by atoms with Gasteiger partial charge in [-0.3, -0.25) is 4.90 Å². The topological polar surface area (TPSA) is 15.3 Å². The van der Waals surface area contributed by atoms with E-state index in [9.17, 15) is 0 Å². The Bertz CT molecular complexity index is 349. The van der Waals surface area contributed by atoms with E-state index in [4.69, 9.17) is 0 Å². The van der Waals surface area contributed by atoms with E-state index in [0.717, 1.165) is 19.6 Å². The highest BCUT2D eigenvalue weighted by Crippen LogP contribution is 2.15. The molecule has 1 fully saturated rings. The van der Waals surface area contributed by atoms with Crippen molar-refractivity contribution in [1.29, 1.82) is 0 Å². The number of piperazine rings is 1. The van der Waals surface area contributed by atoms with Gasteiger partial charge < -0.3 is 5.32 Å². The monoisotopic (exact) mass is 236 g/mol. The highest BCUT2D eigenvalue weighted by atomic mass is 35.5. The summed E-state index contributed by atoms with van der Waals surface area (Å²) in [6.07, 6.45) is 4.60. The standard InChI is InChI=1S/C13H16N2.ClH/c1-2-4-11(5-3-1)8-15-9-12-6-7-13(10-15)14-12;/h1-7,12-14H,8-10H2;1H/t12-,13+;. The van der Waals surface area contributed by atoms with Crippen LogP contribution in [0.2, 0.25) is 0 Å². The van der Waals surface area contributed by atoms with Gasteiger partial charge >= 0.3 is 0 Å². The van der Waals surface area contributed by atoms with Crippen LogP contribution in [-0.4, -0.2) is 30.1 Å². The number of hydrogen-bond acceptors (Lipinski definition) is 2. The van der Waals surface area contributed by atoms with Crippen LogP contribution < -0.4 is 5.32 Å². The lowest BCUT2D eigenvalue weighted by Crippen LogP contribution is -2.51. The molecule has 0 saturated carbocycles. The Balaban J connectivity index is 0.000000963. The maximum atomic E-state index is 3.55. The van der Waals surface area contributed by atoms with Gasteiger partial charge in [-0.25, -0.2) is 0 Å². The summed E-state index contributed by atoms with van der Waals surface area (Å²) in [7, 11) is 0. The van der Waals surface area contributed by atoms with Crippen molar-refractivity contribution in [1.82, 2.24) is 10.2 Å². The van der Waals surface area contributed by atoms with Crippen LogP contribution >= 0.6 is 12.4 Å². The molecule has 0 radical (unpaired) electrons. The smallest absolute Gasteiger partial charge is 0.0384 e. The molecule has 16 heavy (non-hydrogen) atoms. The minimum absolute atomic E-state index is 0. The van der Waals surface area contributed by atoms with E-state index in [-0.39, 0.29) is 12.4 Å². The lowest BCUT2D eigenvalue weighted by Gasteiger charge is -2.32. The Labute approximate surface area is 103 Å². The summed E-state index contributed by atoms with van der Waals surface area (Å²) in [5.41, 5.74) is 1.42. The largest absolute Gasteiger partial charge is 0.302 e. The minimum atomic E-state index is 0. The van der Waals surface area contributed by atoms with Crippen LogP contribution in [0.4, 0.5) is 0 Å². The van der Waals surface area contributed by atoms with E-state index in [2.05, 4.69) is 52.7 Å². The van der Waals surface area contributed by atoms with Gasteiger partial charge in [0.15, 0.2) is 0 Å². The highest BCUT2D eigenvalue weighted by Gasteiger charge is 2.27. The number of benzene rings is 1. The Kier molecular flexibility index (Phi) is 3.64. The Morgan fingerprint density at radius 2 is 1.69 bits per heavy atom. The molecule has 0 amide bonds. The normalized spacial score (nSPS) is 27.8. The molecule has 1 aromatic carbocycles. The summed E-state index contributed by atoms with van der Waals surface area (Å²) in [5.74, 6) is 0. The SMILES string of the molecule is C1=C[C@H]2CN(Cc3ccccc3)C[C@@H]1N2.Cl. The maximum Gasteiger partial charge on any atom is 0.0384 e. The van der Waals surface area contributed by atoms with Crippen LogP contribution in [0.5, 0.6) is 0 Å². The Morgan fingerprint density at radius 3 is 2.31 bits per heavy atom. The molecular weight excluding hydrogens is 220 g/mol. The third-order valence-corrected chi connectivity index (χ3v) is 3.16. The van der Waals surface area contributed by atoms with E-state index in [1.807, 2.05) is 0 Å². The second-order valence-electron chi connectivity index (χ2n) is 4.44. The van der Waals surface area contributed by atoms with Gasteiger partial charge in [0.2, 0.25) is 0 Å². The zero-order chi connectivity index (χ0) is 10.1. The summed E-state index contributed by atoms with van der Waals surface area (Å²) in [6.45, 7) is 3.36. The number of halogens is 1. The summed E-state index contributed by atoms with van der Waals surface area (Å²) >= 11 is 0. The molecule has 1 saturated heterocycles. The van der Waals surface area contributed by atoms with E-state index < -0.39 is 0 Å². The first-order chi connectivity index (χ1) is 7.40. The van der Waals surface area contributed by atoms with Gasteiger partial charge in [-0.2, -0.15) is 0 Å². The number of nitrogens with zero attached hydrogens (tertiary/aromatic N) is 1. The fraction of sp³-hybridized carbons (Fsp3) is 0.385. The molecule has 1 aromatic rings. The van der Waals surface area contributed by atoms with Crippen LogP contribution in [0.1, 0.15) is 5.56 Å². The van der Waals surface area contributed by atoms with E-state index in [1.165, 1.54) is 5.56 Å². The van der Waals surface area contributed by atoms with Gasteiger partial charge in [-0.15, -0.1) is 12.4 Å². The van der Waals surface area contributed by atoms with Crippen LogP contribution in [0.15, 0.2) is 42.5 Å².